The maximum atomic E-state index is 13.0. The summed E-state index contributed by atoms with van der Waals surface area (Å²) in [6.07, 6.45) is 0. The molecule has 1 N–H and O–H groups in total. The molecular weight excluding hydrogens is 384 g/mol. The molecule has 2 unspecified atom stereocenters. The van der Waals surface area contributed by atoms with Crippen molar-refractivity contribution >= 4 is 17.7 Å². The molecule has 5 nitrogen and oxygen atoms in total. The molecule has 0 aliphatic carbocycles. The Kier molecular flexibility index (Phi) is 8.21. The summed E-state index contributed by atoms with van der Waals surface area (Å²) in [7, 11) is 0. The van der Waals surface area contributed by atoms with E-state index in [1.54, 1.807) is 11.8 Å². The summed E-state index contributed by atoms with van der Waals surface area (Å²) in [5.74, 6) is 2.99. The lowest BCUT2D eigenvalue weighted by Crippen LogP contribution is -2.45. The summed E-state index contributed by atoms with van der Waals surface area (Å²) in [5, 5.41) is 3.12. The Morgan fingerprint density at radius 1 is 1.14 bits per heavy atom. The molecule has 1 aromatic carbocycles. The fourth-order valence-corrected chi connectivity index (χ4v) is 4.74. The molecule has 0 saturated carbocycles. The summed E-state index contributed by atoms with van der Waals surface area (Å²) in [6.45, 7) is 9.83. The number of thioether (sulfide) groups is 1. The molecule has 1 aliphatic heterocycles. The van der Waals surface area contributed by atoms with E-state index in [0.29, 0.717) is 19.8 Å². The molecule has 2 heterocycles. The van der Waals surface area contributed by atoms with Gasteiger partial charge in [0.15, 0.2) is 0 Å². The van der Waals surface area contributed by atoms with Crippen molar-refractivity contribution in [2.24, 2.45) is 5.92 Å². The highest BCUT2D eigenvalue weighted by atomic mass is 32.2. The lowest BCUT2D eigenvalue weighted by atomic mass is 10.1. The van der Waals surface area contributed by atoms with Crippen LogP contribution in [-0.4, -0.2) is 48.9 Å². The first-order chi connectivity index (χ1) is 14.0. The number of nitrogens with zero attached hydrogens (tertiary/aromatic N) is 1. The zero-order valence-corrected chi connectivity index (χ0v) is 18.4. The van der Waals surface area contributed by atoms with Gasteiger partial charge in [-0.2, -0.15) is 0 Å². The van der Waals surface area contributed by atoms with Crippen LogP contribution in [-0.2, 0) is 15.3 Å². The fourth-order valence-electron chi connectivity index (χ4n) is 3.56. The Labute approximate surface area is 178 Å². The van der Waals surface area contributed by atoms with Gasteiger partial charge in [-0.25, -0.2) is 0 Å². The molecule has 1 aromatic heterocycles. The number of rotatable bonds is 9. The summed E-state index contributed by atoms with van der Waals surface area (Å²) in [5.41, 5.74) is 1.24. The number of hydrogen-bond acceptors (Lipinski definition) is 5. The van der Waals surface area contributed by atoms with Gasteiger partial charge >= 0.3 is 0 Å². The van der Waals surface area contributed by atoms with Crippen molar-refractivity contribution in [3.63, 3.8) is 0 Å². The number of hydrogen-bond donors (Lipinski definition) is 1. The molecule has 1 saturated heterocycles. The summed E-state index contributed by atoms with van der Waals surface area (Å²) < 4.78 is 11.4. The molecule has 2 aromatic rings. The van der Waals surface area contributed by atoms with Crippen LogP contribution < -0.4 is 5.32 Å². The first kappa shape index (κ1) is 21.9. The molecule has 158 valence electrons. The zero-order chi connectivity index (χ0) is 20.6. The van der Waals surface area contributed by atoms with E-state index in [1.165, 1.54) is 5.56 Å². The Bertz CT molecular complexity index is 756. The number of morpholine rings is 1. The Morgan fingerprint density at radius 2 is 1.86 bits per heavy atom. The van der Waals surface area contributed by atoms with Gasteiger partial charge in [-0.15, -0.1) is 11.8 Å². The molecule has 0 radical (unpaired) electrons. The van der Waals surface area contributed by atoms with Crippen LogP contribution in [0.3, 0.4) is 0 Å². The molecule has 0 spiro atoms. The quantitative estimate of drug-likeness (QED) is 0.669. The zero-order valence-electron chi connectivity index (χ0n) is 17.6. The number of ether oxygens (including phenoxy) is 1. The molecule has 6 heteroatoms. The average Bonchev–Trinajstić information content (AvgIpc) is 3.15. The van der Waals surface area contributed by atoms with E-state index >= 15 is 0 Å². The van der Waals surface area contributed by atoms with Gasteiger partial charge in [0.05, 0.1) is 24.5 Å². The van der Waals surface area contributed by atoms with Crippen LogP contribution in [0.4, 0.5) is 0 Å². The Hall–Kier alpha value is -1.76. The second-order valence-electron chi connectivity index (χ2n) is 7.82. The molecule has 29 heavy (non-hydrogen) atoms. The van der Waals surface area contributed by atoms with Crippen molar-refractivity contribution in [3.05, 3.63) is 59.5 Å². The monoisotopic (exact) mass is 416 g/mol. The molecule has 3 rings (SSSR count). The highest BCUT2D eigenvalue weighted by molar-refractivity contribution is 7.99. The van der Waals surface area contributed by atoms with Gasteiger partial charge in [0.1, 0.15) is 11.5 Å². The number of carbonyl (C=O) groups is 1. The number of aryl methyl sites for hydroxylation is 1. The lowest BCUT2D eigenvalue weighted by molar-refractivity contribution is -0.121. The van der Waals surface area contributed by atoms with Crippen molar-refractivity contribution in [1.29, 1.82) is 0 Å². The topological polar surface area (TPSA) is 54.7 Å². The first-order valence-electron chi connectivity index (χ1n) is 10.4. The summed E-state index contributed by atoms with van der Waals surface area (Å²) in [6, 6.07) is 14.3. The standard InChI is InChI=1S/C23H32N2O3S/c1-17(2)22(29-16-19-7-5-4-6-8-19)23(26)24-15-20(21-10-9-18(3)28-21)25-11-13-27-14-12-25/h4-10,17,20,22H,11-16H2,1-3H3,(H,24,26). The van der Waals surface area contributed by atoms with Gasteiger partial charge in [-0.05, 0) is 30.5 Å². The number of benzene rings is 1. The summed E-state index contributed by atoms with van der Waals surface area (Å²) >= 11 is 1.71. The number of carbonyl (C=O) groups excluding carboxylic acids is 1. The predicted molar refractivity (Wildman–Crippen MR) is 118 cm³/mol. The van der Waals surface area contributed by atoms with Gasteiger partial charge in [0.2, 0.25) is 5.91 Å². The van der Waals surface area contributed by atoms with Gasteiger partial charge in [-0.3, -0.25) is 9.69 Å². The van der Waals surface area contributed by atoms with Crippen molar-refractivity contribution < 1.29 is 13.9 Å². The maximum absolute atomic E-state index is 13.0. The van der Waals surface area contributed by atoms with Crippen LogP contribution in [0.5, 0.6) is 0 Å². The summed E-state index contributed by atoms with van der Waals surface area (Å²) in [4.78, 5) is 15.4. The SMILES string of the molecule is Cc1ccc(C(CNC(=O)C(SCc2ccccc2)C(C)C)N2CCOCC2)o1. The second kappa shape index (κ2) is 10.9. The van der Waals surface area contributed by atoms with Crippen molar-refractivity contribution in [2.45, 2.75) is 37.8 Å². The van der Waals surface area contributed by atoms with E-state index in [1.807, 2.05) is 37.3 Å². The van der Waals surface area contributed by atoms with E-state index in [4.69, 9.17) is 9.15 Å². The largest absolute Gasteiger partial charge is 0.465 e. The van der Waals surface area contributed by atoms with Crippen molar-refractivity contribution in [2.75, 3.05) is 32.8 Å². The van der Waals surface area contributed by atoms with Crippen LogP contribution in [0.15, 0.2) is 46.9 Å². The van der Waals surface area contributed by atoms with Gasteiger partial charge in [-0.1, -0.05) is 44.2 Å². The normalized spacial score (nSPS) is 17.2. The van der Waals surface area contributed by atoms with Crippen LogP contribution in [0, 0.1) is 12.8 Å². The van der Waals surface area contributed by atoms with E-state index in [-0.39, 0.29) is 23.1 Å². The minimum atomic E-state index is -0.0844. The van der Waals surface area contributed by atoms with Gasteiger partial charge in [0.25, 0.3) is 0 Å². The second-order valence-corrected chi connectivity index (χ2v) is 8.95. The number of amides is 1. The number of nitrogens with one attached hydrogen (secondary N) is 1. The van der Waals surface area contributed by atoms with Crippen LogP contribution in [0.25, 0.3) is 0 Å². The van der Waals surface area contributed by atoms with E-state index < -0.39 is 0 Å². The minimum Gasteiger partial charge on any atom is -0.465 e. The predicted octanol–water partition coefficient (Wildman–Crippen LogP) is 4.04. The third kappa shape index (κ3) is 6.36. The maximum Gasteiger partial charge on any atom is 0.233 e. The minimum absolute atomic E-state index is 0.0310. The highest BCUT2D eigenvalue weighted by Crippen LogP contribution is 2.26. The highest BCUT2D eigenvalue weighted by Gasteiger charge is 2.28. The first-order valence-corrected chi connectivity index (χ1v) is 11.4. The van der Waals surface area contributed by atoms with E-state index in [9.17, 15) is 4.79 Å². The van der Waals surface area contributed by atoms with Crippen LogP contribution >= 0.6 is 11.8 Å². The number of furan rings is 1. The van der Waals surface area contributed by atoms with Gasteiger partial charge in [0, 0.05) is 25.4 Å². The van der Waals surface area contributed by atoms with E-state index in [2.05, 4.69) is 36.2 Å². The molecule has 0 bridgehead atoms. The third-order valence-corrected chi connectivity index (χ3v) is 6.80. The molecule has 1 amide bonds. The molecule has 1 aliphatic rings. The third-order valence-electron chi connectivity index (χ3n) is 5.18. The molecule has 2 atom stereocenters. The smallest absolute Gasteiger partial charge is 0.233 e. The lowest BCUT2D eigenvalue weighted by Gasteiger charge is -2.33. The van der Waals surface area contributed by atoms with E-state index in [0.717, 1.165) is 30.4 Å². The van der Waals surface area contributed by atoms with Gasteiger partial charge < -0.3 is 14.5 Å². The van der Waals surface area contributed by atoms with Crippen molar-refractivity contribution in [3.8, 4) is 0 Å². The van der Waals surface area contributed by atoms with Crippen LogP contribution in [0.2, 0.25) is 0 Å². The molecular formula is C23H32N2O3S. The Morgan fingerprint density at radius 3 is 2.48 bits per heavy atom. The fraction of sp³-hybridized carbons (Fsp3) is 0.522. The molecule has 1 fully saturated rings. The Balaban J connectivity index is 1.62. The van der Waals surface area contributed by atoms with Crippen molar-refractivity contribution in [1.82, 2.24) is 10.2 Å². The average molecular weight is 417 g/mol. The van der Waals surface area contributed by atoms with Crippen LogP contribution in [0.1, 0.15) is 37.0 Å².